The first-order valence-corrected chi connectivity index (χ1v) is 10.2. The first-order chi connectivity index (χ1) is 13.5. The molecule has 4 aromatic rings. The lowest BCUT2D eigenvalue weighted by atomic mass is 10.1. The minimum atomic E-state index is -0.0206. The molecule has 2 heterocycles. The van der Waals surface area contributed by atoms with Crippen LogP contribution in [0.15, 0.2) is 42.6 Å². The van der Waals surface area contributed by atoms with Crippen molar-refractivity contribution in [1.29, 1.82) is 0 Å². The molecule has 0 aliphatic rings. The van der Waals surface area contributed by atoms with Crippen LogP contribution in [-0.2, 0) is 0 Å². The number of hydrogen-bond donors (Lipinski definition) is 1. The van der Waals surface area contributed by atoms with Gasteiger partial charge >= 0.3 is 0 Å². The number of halogens is 1. The minimum absolute atomic E-state index is 0. The van der Waals surface area contributed by atoms with E-state index in [0.717, 1.165) is 32.8 Å². The number of hydrogen-bond acceptors (Lipinski definition) is 4. The molecule has 152 valence electrons. The second kappa shape index (κ2) is 8.53. The Morgan fingerprint density at radius 2 is 1.86 bits per heavy atom. The number of nitrogens with zero attached hydrogens (tertiary/aromatic N) is 3. The third-order valence-electron chi connectivity index (χ3n) is 5.14. The first kappa shape index (κ1) is 21.3. The molecular weight excluding hydrogens is 404 g/mol. The molecule has 0 radical (unpaired) electrons. The van der Waals surface area contributed by atoms with Crippen molar-refractivity contribution in [2.45, 2.75) is 13.8 Å². The smallest absolute Gasteiger partial charge is 0.262 e. The van der Waals surface area contributed by atoms with Crippen LogP contribution in [0.4, 0.5) is 5.13 Å². The highest BCUT2D eigenvalue weighted by Gasteiger charge is 2.24. The van der Waals surface area contributed by atoms with Crippen LogP contribution in [0.1, 0.15) is 21.5 Å². The number of aryl methyl sites for hydroxylation is 2. The number of carbonyl (C=O) groups is 1. The normalized spacial score (nSPS) is 11.2. The largest absolute Gasteiger partial charge is 0.360 e. The number of H-pyrrole nitrogens is 1. The van der Waals surface area contributed by atoms with Gasteiger partial charge in [-0.3, -0.25) is 9.69 Å². The van der Waals surface area contributed by atoms with Crippen molar-refractivity contribution in [2.24, 2.45) is 0 Å². The van der Waals surface area contributed by atoms with Gasteiger partial charge in [0.1, 0.15) is 0 Å². The van der Waals surface area contributed by atoms with Crippen molar-refractivity contribution >= 4 is 55.9 Å². The van der Waals surface area contributed by atoms with E-state index in [0.29, 0.717) is 12.1 Å². The second-order valence-corrected chi connectivity index (χ2v) is 8.37. The lowest BCUT2D eigenvalue weighted by molar-refractivity contribution is 0.0987. The van der Waals surface area contributed by atoms with Gasteiger partial charge in [-0.05, 0) is 51.2 Å². The van der Waals surface area contributed by atoms with Crippen LogP contribution in [0.25, 0.3) is 21.1 Å². The molecule has 0 saturated heterocycles. The topological polar surface area (TPSA) is 52.2 Å². The third kappa shape index (κ3) is 4.01. The lowest BCUT2D eigenvalue weighted by Crippen LogP contribution is -2.36. The number of aromatic amines is 1. The number of nitrogens with one attached hydrogen (secondary N) is 1. The molecule has 29 heavy (non-hydrogen) atoms. The summed E-state index contributed by atoms with van der Waals surface area (Å²) in [6, 6.07) is 12.1. The maximum Gasteiger partial charge on any atom is 0.262 e. The number of para-hydroxylation sites is 1. The molecule has 1 amide bonds. The first-order valence-electron chi connectivity index (χ1n) is 9.35. The molecule has 1 N–H and O–H groups in total. The third-order valence-corrected chi connectivity index (χ3v) is 6.18. The van der Waals surface area contributed by atoms with E-state index in [1.807, 2.05) is 43.3 Å². The Balaban J connectivity index is 0.00000240. The fraction of sp³-hybridized carbons (Fsp3) is 0.273. The van der Waals surface area contributed by atoms with E-state index in [1.54, 1.807) is 17.5 Å². The quantitative estimate of drug-likeness (QED) is 0.485. The van der Waals surface area contributed by atoms with E-state index < -0.39 is 0 Å². The van der Waals surface area contributed by atoms with Gasteiger partial charge in [-0.2, -0.15) is 0 Å². The Kier molecular flexibility index (Phi) is 6.27. The van der Waals surface area contributed by atoms with Crippen molar-refractivity contribution in [1.82, 2.24) is 14.9 Å². The number of anilines is 1. The number of amides is 1. The van der Waals surface area contributed by atoms with Gasteiger partial charge in [0, 0.05) is 30.2 Å². The average Bonchev–Trinajstić information content (AvgIpc) is 3.29. The second-order valence-electron chi connectivity index (χ2n) is 7.36. The van der Waals surface area contributed by atoms with E-state index in [1.165, 1.54) is 11.1 Å². The van der Waals surface area contributed by atoms with E-state index in [9.17, 15) is 4.79 Å². The van der Waals surface area contributed by atoms with Crippen molar-refractivity contribution in [3.8, 4) is 0 Å². The molecule has 0 spiro atoms. The summed E-state index contributed by atoms with van der Waals surface area (Å²) in [6.07, 6.45) is 1.80. The maximum atomic E-state index is 13.5. The Labute approximate surface area is 180 Å². The fourth-order valence-corrected chi connectivity index (χ4v) is 4.36. The number of likely N-dealkylation sites (N-methyl/N-ethyl adjacent to an activating group) is 1. The molecule has 0 unspecified atom stereocenters. The van der Waals surface area contributed by atoms with Gasteiger partial charge in [-0.25, -0.2) is 4.98 Å². The molecule has 0 bridgehead atoms. The van der Waals surface area contributed by atoms with Crippen molar-refractivity contribution in [3.05, 3.63) is 59.3 Å². The summed E-state index contributed by atoms with van der Waals surface area (Å²) < 4.78 is 1.11. The monoisotopic (exact) mass is 428 g/mol. The van der Waals surface area contributed by atoms with Gasteiger partial charge in [0.05, 0.1) is 15.8 Å². The van der Waals surface area contributed by atoms with Crippen LogP contribution in [0.3, 0.4) is 0 Å². The Morgan fingerprint density at radius 1 is 1.10 bits per heavy atom. The molecule has 0 aliphatic heterocycles. The van der Waals surface area contributed by atoms with Gasteiger partial charge in [-0.1, -0.05) is 35.6 Å². The van der Waals surface area contributed by atoms with Crippen molar-refractivity contribution < 1.29 is 4.79 Å². The zero-order chi connectivity index (χ0) is 19.8. The summed E-state index contributed by atoms with van der Waals surface area (Å²) in [5.74, 6) is -0.0206. The summed E-state index contributed by atoms with van der Waals surface area (Å²) in [6.45, 7) is 5.53. The van der Waals surface area contributed by atoms with Crippen molar-refractivity contribution in [2.75, 3.05) is 32.1 Å². The molecule has 2 aromatic carbocycles. The molecule has 5 nitrogen and oxygen atoms in total. The molecule has 4 rings (SSSR count). The van der Waals surface area contributed by atoms with E-state index in [2.05, 4.69) is 35.9 Å². The molecule has 0 atom stereocenters. The minimum Gasteiger partial charge on any atom is -0.360 e. The Bertz CT molecular complexity index is 1160. The standard InChI is InChI=1S/C22H24N4OS.ClH/c1-14-9-10-19-20(15(14)2)24-22(28-19)26(12-11-25(3)4)21(27)17-13-23-18-8-6-5-7-16(17)18;/h5-10,13,23H,11-12H2,1-4H3;1H. The molecule has 0 fully saturated rings. The van der Waals surface area contributed by atoms with Crippen LogP contribution in [0.2, 0.25) is 0 Å². The van der Waals surface area contributed by atoms with Gasteiger partial charge in [0.25, 0.3) is 5.91 Å². The summed E-state index contributed by atoms with van der Waals surface area (Å²) >= 11 is 1.58. The van der Waals surface area contributed by atoms with Gasteiger partial charge < -0.3 is 9.88 Å². The molecule has 7 heteroatoms. The van der Waals surface area contributed by atoms with Gasteiger partial charge in [-0.15, -0.1) is 12.4 Å². The van der Waals surface area contributed by atoms with Gasteiger partial charge in [0.2, 0.25) is 0 Å². The predicted molar refractivity (Wildman–Crippen MR) is 125 cm³/mol. The highest BCUT2D eigenvalue weighted by Crippen LogP contribution is 2.33. The number of benzene rings is 2. The predicted octanol–water partition coefficient (Wildman–Crippen LogP) is 5.02. The van der Waals surface area contributed by atoms with Crippen LogP contribution in [0, 0.1) is 13.8 Å². The number of fused-ring (bicyclic) bond motifs is 2. The maximum absolute atomic E-state index is 13.5. The van der Waals surface area contributed by atoms with Gasteiger partial charge in [0.15, 0.2) is 5.13 Å². The average molecular weight is 429 g/mol. The lowest BCUT2D eigenvalue weighted by Gasteiger charge is -2.21. The SMILES string of the molecule is Cc1ccc2sc(N(CCN(C)C)C(=O)c3c[nH]c4ccccc34)nc2c1C.Cl. The summed E-state index contributed by atoms with van der Waals surface area (Å²) in [5, 5.41) is 1.69. The number of thiazole rings is 1. The van der Waals surface area contributed by atoms with Crippen LogP contribution < -0.4 is 4.90 Å². The Morgan fingerprint density at radius 3 is 2.62 bits per heavy atom. The molecular formula is C22H25ClN4OS. The van der Waals surface area contributed by atoms with E-state index >= 15 is 0 Å². The van der Waals surface area contributed by atoms with E-state index in [4.69, 9.17) is 4.98 Å². The highest BCUT2D eigenvalue weighted by atomic mass is 35.5. The number of carbonyl (C=O) groups excluding carboxylic acids is 1. The van der Waals surface area contributed by atoms with Crippen LogP contribution in [0.5, 0.6) is 0 Å². The zero-order valence-electron chi connectivity index (χ0n) is 17.0. The van der Waals surface area contributed by atoms with Crippen molar-refractivity contribution in [3.63, 3.8) is 0 Å². The fourth-order valence-electron chi connectivity index (χ4n) is 3.31. The molecule has 0 aliphatic carbocycles. The Hall–Kier alpha value is -2.41. The summed E-state index contributed by atoms with van der Waals surface area (Å²) in [5.41, 5.74) is 5.02. The highest BCUT2D eigenvalue weighted by molar-refractivity contribution is 7.22. The van der Waals surface area contributed by atoms with E-state index in [-0.39, 0.29) is 18.3 Å². The molecule has 0 saturated carbocycles. The van der Waals surface area contributed by atoms with Crippen LogP contribution in [-0.4, -0.2) is 48.0 Å². The van der Waals surface area contributed by atoms with Crippen LogP contribution >= 0.6 is 23.7 Å². The zero-order valence-corrected chi connectivity index (χ0v) is 18.7. The number of rotatable bonds is 5. The summed E-state index contributed by atoms with van der Waals surface area (Å²) in [4.78, 5) is 25.5. The summed E-state index contributed by atoms with van der Waals surface area (Å²) in [7, 11) is 4.03. The number of aromatic nitrogens is 2. The molecule has 2 aromatic heterocycles.